The Hall–Kier alpha value is -0.900. The molecule has 31 heavy (non-hydrogen) atoms. The van der Waals surface area contributed by atoms with Crippen molar-refractivity contribution >= 4 is 11.8 Å². The zero-order valence-corrected chi connectivity index (χ0v) is 20.0. The van der Waals surface area contributed by atoms with Crippen molar-refractivity contribution in [1.82, 2.24) is 0 Å². The largest absolute Gasteiger partial charge is 0.460 e. The summed E-state index contributed by atoms with van der Waals surface area (Å²) in [7, 11) is 0. The molecule has 0 spiro atoms. The highest BCUT2D eigenvalue weighted by molar-refractivity contribution is 5.82. The van der Waals surface area contributed by atoms with Crippen LogP contribution in [0.25, 0.3) is 0 Å². The first-order chi connectivity index (χ1) is 14.6. The minimum absolute atomic E-state index is 0.0156. The van der Waals surface area contributed by atoms with Gasteiger partial charge in [-0.15, -0.1) is 0 Å². The van der Waals surface area contributed by atoms with Gasteiger partial charge in [0, 0.05) is 18.8 Å². The number of carbonyl (C=O) groups is 2. The monoisotopic (exact) mass is 430 g/mol. The van der Waals surface area contributed by atoms with Gasteiger partial charge >= 0.3 is 5.97 Å². The van der Waals surface area contributed by atoms with E-state index in [0.29, 0.717) is 47.2 Å². The summed E-state index contributed by atoms with van der Waals surface area (Å²) in [4.78, 5) is 25.0. The third kappa shape index (κ3) is 3.09. The van der Waals surface area contributed by atoms with Crippen molar-refractivity contribution < 1.29 is 19.4 Å². The predicted octanol–water partition coefficient (Wildman–Crippen LogP) is 5.31. The number of Topliss-reactive ketones (excluding diaryl/α,β-unsaturated/α-hetero) is 1. The van der Waals surface area contributed by atoms with Gasteiger partial charge in [0.05, 0.1) is 0 Å². The van der Waals surface area contributed by atoms with Gasteiger partial charge in [-0.3, -0.25) is 4.79 Å². The maximum atomic E-state index is 12.9. The van der Waals surface area contributed by atoms with E-state index in [2.05, 4.69) is 27.7 Å². The first kappa shape index (κ1) is 21.9. The highest BCUT2D eigenvalue weighted by Crippen LogP contribution is 2.70. The van der Waals surface area contributed by atoms with E-state index < -0.39 is 5.60 Å². The highest BCUT2D eigenvalue weighted by atomic mass is 16.6. The Kier molecular flexibility index (Phi) is 5.16. The minimum Gasteiger partial charge on any atom is -0.460 e. The Bertz CT molecular complexity index is 760. The van der Waals surface area contributed by atoms with Crippen LogP contribution in [-0.2, 0) is 14.3 Å². The van der Waals surface area contributed by atoms with Crippen LogP contribution in [0.1, 0.15) is 98.3 Å². The second-order valence-electron chi connectivity index (χ2n) is 12.8. The molecule has 9 atom stereocenters. The zero-order valence-electron chi connectivity index (χ0n) is 20.0. The molecule has 5 aliphatic rings. The number of ketones is 1. The van der Waals surface area contributed by atoms with Crippen molar-refractivity contribution in [1.29, 1.82) is 0 Å². The molecule has 0 unspecified atom stereocenters. The molecule has 4 nitrogen and oxygen atoms in total. The molecule has 174 valence electrons. The molecule has 0 amide bonds. The van der Waals surface area contributed by atoms with Crippen LogP contribution in [0.2, 0.25) is 0 Å². The molecular weight excluding hydrogens is 388 g/mol. The van der Waals surface area contributed by atoms with E-state index in [1.54, 1.807) is 0 Å². The smallest absolute Gasteiger partial charge is 0.338 e. The van der Waals surface area contributed by atoms with E-state index >= 15 is 0 Å². The van der Waals surface area contributed by atoms with E-state index in [9.17, 15) is 14.7 Å². The lowest BCUT2D eigenvalue weighted by Gasteiger charge is -2.60. The average Bonchev–Trinajstić information content (AvgIpc) is 3.13. The Labute approximate surface area is 187 Å². The number of esters is 1. The van der Waals surface area contributed by atoms with Gasteiger partial charge in [-0.05, 0) is 91.8 Å². The standard InChI is InChI=1S/C27H42O4/c1-16(2)6-5-11-27(30)23-22(31-24(27)29)15-21-19-8-7-17-14-18(28)9-12-25(17,3)20(19)10-13-26(21,23)4/h16-17,19-23,30H,5-15H2,1-4H3/t17-,19+,20-,21-,22-,23-,25-,26-,27-/m0/s1. The normalized spacial score (nSPS) is 51.2. The third-order valence-corrected chi connectivity index (χ3v) is 11.0. The summed E-state index contributed by atoms with van der Waals surface area (Å²) in [5, 5.41) is 11.7. The van der Waals surface area contributed by atoms with Gasteiger partial charge in [0.25, 0.3) is 0 Å². The first-order valence-corrected chi connectivity index (χ1v) is 13.0. The van der Waals surface area contributed by atoms with Crippen molar-refractivity contribution in [3.8, 4) is 0 Å². The van der Waals surface area contributed by atoms with Gasteiger partial charge < -0.3 is 9.84 Å². The summed E-state index contributed by atoms with van der Waals surface area (Å²) in [6, 6.07) is 0. The maximum absolute atomic E-state index is 12.9. The number of aliphatic hydroxyl groups is 1. The Morgan fingerprint density at radius 1 is 1.06 bits per heavy atom. The third-order valence-electron chi connectivity index (χ3n) is 11.0. The van der Waals surface area contributed by atoms with Gasteiger partial charge in [0.1, 0.15) is 11.9 Å². The van der Waals surface area contributed by atoms with E-state index in [-0.39, 0.29) is 23.4 Å². The van der Waals surface area contributed by atoms with Crippen LogP contribution in [0.15, 0.2) is 0 Å². The molecule has 1 heterocycles. The second-order valence-corrected chi connectivity index (χ2v) is 12.8. The molecule has 4 heteroatoms. The van der Waals surface area contributed by atoms with Crippen molar-refractivity contribution in [2.24, 2.45) is 46.3 Å². The summed E-state index contributed by atoms with van der Waals surface area (Å²) < 4.78 is 5.91. The van der Waals surface area contributed by atoms with E-state index in [4.69, 9.17) is 4.74 Å². The molecule has 5 rings (SSSR count). The van der Waals surface area contributed by atoms with Gasteiger partial charge in [-0.25, -0.2) is 4.79 Å². The zero-order chi connectivity index (χ0) is 22.2. The molecule has 4 saturated carbocycles. The van der Waals surface area contributed by atoms with Crippen molar-refractivity contribution in [2.45, 2.75) is 110 Å². The summed E-state index contributed by atoms with van der Waals surface area (Å²) in [6.45, 7) is 9.24. The molecule has 1 saturated heterocycles. The van der Waals surface area contributed by atoms with Crippen LogP contribution >= 0.6 is 0 Å². The fourth-order valence-corrected chi connectivity index (χ4v) is 9.41. The van der Waals surface area contributed by atoms with Crippen LogP contribution < -0.4 is 0 Å². The topological polar surface area (TPSA) is 63.6 Å². The molecule has 0 aromatic heterocycles. The van der Waals surface area contributed by atoms with Crippen LogP contribution in [0, 0.1) is 46.3 Å². The molecule has 0 aromatic carbocycles. The number of rotatable bonds is 4. The van der Waals surface area contributed by atoms with Gasteiger partial charge in [-0.2, -0.15) is 0 Å². The lowest BCUT2D eigenvalue weighted by molar-refractivity contribution is -0.166. The first-order valence-electron chi connectivity index (χ1n) is 13.0. The SMILES string of the molecule is CC(C)CCC[C@@]1(O)C(=O)O[C@H]2C[C@H]3[C@@H]4CC[C@H]5CC(=O)CC[C@]5(C)[C@H]4CC[C@]3(C)[C@H]21. The number of carbonyl (C=O) groups excluding carboxylic acids is 2. The maximum Gasteiger partial charge on any atom is 0.338 e. The van der Waals surface area contributed by atoms with Gasteiger partial charge in [-0.1, -0.05) is 34.1 Å². The average molecular weight is 431 g/mol. The number of ether oxygens (including phenoxy) is 1. The highest BCUT2D eigenvalue weighted by Gasteiger charge is 2.71. The molecule has 0 aromatic rings. The van der Waals surface area contributed by atoms with Crippen LogP contribution in [0.5, 0.6) is 0 Å². The molecule has 5 fully saturated rings. The van der Waals surface area contributed by atoms with Crippen LogP contribution in [0.4, 0.5) is 0 Å². The van der Waals surface area contributed by atoms with Crippen LogP contribution in [0.3, 0.4) is 0 Å². The van der Waals surface area contributed by atoms with E-state index in [1.165, 1.54) is 19.3 Å². The summed E-state index contributed by atoms with van der Waals surface area (Å²) >= 11 is 0. The molecule has 1 aliphatic heterocycles. The lowest BCUT2D eigenvalue weighted by Crippen LogP contribution is -2.56. The van der Waals surface area contributed by atoms with Crippen molar-refractivity contribution in [3.05, 3.63) is 0 Å². The quantitative estimate of drug-likeness (QED) is 0.614. The minimum atomic E-state index is -1.30. The van der Waals surface area contributed by atoms with Crippen molar-refractivity contribution in [3.63, 3.8) is 0 Å². The predicted molar refractivity (Wildman–Crippen MR) is 119 cm³/mol. The summed E-state index contributed by atoms with van der Waals surface area (Å²) in [5.41, 5.74) is -1.02. The molecule has 1 N–H and O–H groups in total. The van der Waals surface area contributed by atoms with Crippen LogP contribution in [-0.4, -0.2) is 28.6 Å². The molecule has 4 aliphatic carbocycles. The molecule has 0 radical (unpaired) electrons. The summed E-state index contributed by atoms with van der Waals surface area (Å²) in [5.74, 6) is 3.07. The fraction of sp³-hybridized carbons (Fsp3) is 0.926. The lowest BCUT2D eigenvalue weighted by atomic mass is 9.44. The Morgan fingerprint density at radius 2 is 1.84 bits per heavy atom. The van der Waals surface area contributed by atoms with Gasteiger partial charge in [0.2, 0.25) is 0 Å². The second kappa shape index (κ2) is 7.30. The Morgan fingerprint density at radius 3 is 2.58 bits per heavy atom. The summed E-state index contributed by atoms with van der Waals surface area (Å²) in [6.07, 6.45) is 10.5. The molecular formula is C27H42O4. The van der Waals surface area contributed by atoms with Crippen molar-refractivity contribution in [2.75, 3.05) is 0 Å². The van der Waals surface area contributed by atoms with E-state index in [0.717, 1.165) is 44.9 Å². The molecule has 0 bridgehead atoms. The number of hydrogen-bond acceptors (Lipinski definition) is 4. The van der Waals surface area contributed by atoms with E-state index in [1.807, 2.05) is 0 Å². The fourth-order valence-electron chi connectivity index (χ4n) is 9.41. The number of fused-ring (bicyclic) bond motifs is 7. The number of hydrogen-bond donors (Lipinski definition) is 1. The Balaban J connectivity index is 1.40. The van der Waals surface area contributed by atoms with Gasteiger partial charge in [0.15, 0.2) is 5.60 Å².